The molecule has 3 heterocycles. The van der Waals surface area contributed by atoms with Crippen molar-refractivity contribution in [2.45, 2.75) is 6.42 Å². The van der Waals surface area contributed by atoms with Gasteiger partial charge < -0.3 is 14.7 Å². The van der Waals surface area contributed by atoms with E-state index in [9.17, 15) is 0 Å². The molecule has 0 spiro atoms. The smallest absolute Gasteiger partial charge is 0.134 e. The molecule has 0 N–H and O–H groups in total. The fourth-order valence-electron chi connectivity index (χ4n) is 2.72. The summed E-state index contributed by atoms with van der Waals surface area (Å²) in [5.74, 6) is 2.00. The molecule has 0 atom stereocenters. The molecule has 2 aromatic heterocycles. The van der Waals surface area contributed by atoms with Crippen molar-refractivity contribution < 1.29 is 0 Å². The molecule has 3 rings (SSSR count). The summed E-state index contributed by atoms with van der Waals surface area (Å²) in [6.45, 7) is 5.12. The number of likely N-dealkylation sites (N-methyl/N-ethyl adjacent to an activating group) is 2. The molecule has 0 saturated carbocycles. The van der Waals surface area contributed by atoms with E-state index in [1.165, 1.54) is 5.56 Å². The van der Waals surface area contributed by atoms with E-state index in [4.69, 9.17) is 0 Å². The average molecular weight is 312 g/mol. The highest BCUT2D eigenvalue weighted by Crippen LogP contribution is 2.18. The molecular formula is C17H24N6. The number of hydrogen-bond donors (Lipinski definition) is 0. The summed E-state index contributed by atoms with van der Waals surface area (Å²) in [6.07, 6.45) is 6.33. The molecule has 122 valence electrons. The predicted octanol–water partition coefficient (Wildman–Crippen LogP) is 1.30. The van der Waals surface area contributed by atoms with E-state index < -0.39 is 0 Å². The van der Waals surface area contributed by atoms with Crippen LogP contribution in [0.1, 0.15) is 5.56 Å². The molecule has 1 aliphatic heterocycles. The predicted molar refractivity (Wildman–Crippen MR) is 93.0 cm³/mol. The maximum atomic E-state index is 4.45. The second-order valence-electron chi connectivity index (χ2n) is 6.05. The molecular weight excluding hydrogens is 288 g/mol. The van der Waals surface area contributed by atoms with Crippen LogP contribution in [0.15, 0.2) is 36.9 Å². The van der Waals surface area contributed by atoms with Gasteiger partial charge in [-0.25, -0.2) is 9.97 Å². The van der Waals surface area contributed by atoms with Crippen LogP contribution in [0.3, 0.4) is 0 Å². The van der Waals surface area contributed by atoms with Crippen molar-refractivity contribution in [3.8, 4) is 0 Å². The summed E-state index contributed by atoms with van der Waals surface area (Å²) >= 11 is 0. The van der Waals surface area contributed by atoms with Crippen LogP contribution < -0.4 is 9.80 Å². The van der Waals surface area contributed by atoms with Gasteiger partial charge in [-0.15, -0.1) is 0 Å². The Balaban J connectivity index is 1.62. The van der Waals surface area contributed by atoms with Gasteiger partial charge in [0.25, 0.3) is 0 Å². The zero-order valence-electron chi connectivity index (χ0n) is 13.9. The Morgan fingerprint density at radius 2 is 1.83 bits per heavy atom. The number of piperazine rings is 1. The third-order valence-corrected chi connectivity index (χ3v) is 4.34. The van der Waals surface area contributed by atoms with E-state index in [1.54, 1.807) is 6.33 Å². The number of rotatable bonds is 5. The van der Waals surface area contributed by atoms with E-state index in [2.05, 4.69) is 61.9 Å². The van der Waals surface area contributed by atoms with E-state index >= 15 is 0 Å². The molecule has 6 heteroatoms. The van der Waals surface area contributed by atoms with Gasteiger partial charge in [0.05, 0.1) is 0 Å². The highest BCUT2D eigenvalue weighted by Gasteiger charge is 2.16. The standard InChI is InChI=1S/C17H24N6/c1-21-9-11-23(12-10-21)17-13-16(19-14-20-17)22(2)8-5-15-3-6-18-7-4-15/h3-4,6-7,13-14H,5,8-12H2,1-2H3. The van der Waals surface area contributed by atoms with Crippen LogP contribution in [-0.4, -0.2) is 66.7 Å². The number of aromatic nitrogens is 3. The monoisotopic (exact) mass is 312 g/mol. The summed E-state index contributed by atoms with van der Waals surface area (Å²) in [5, 5.41) is 0. The summed E-state index contributed by atoms with van der Waals surface area (Å²) < 4.78 is 0. The molecule has 0 radical (unpaired) electrons. The van der Waals surface area contributed by atoms with Gasteiger partial charge in [-0.1, -0.05) is 0 Å². The molecule has 1 aliphatic rings. The molecule has 2 aromatic rings. The Morgan fingerprint density at radius 3 is 2.57 bits per heavy atom. The van der Waals surface area contributed by atoms with Gasteiger partial charge in [0, 0.05) is 58.2 Å². The Labute approximate surface area is 137 Å². The van der Waals surface area contributed by atoms with Crippen LogP contribution in [-0.2, 0) is 6.42 Å². The summed E-state index contributed by atoms with van der Waals surface area (Å²) in [6, 6.07) is 6.21. The second kappa shape index (κ2) is 7.37. The molecule has 1 saturated heterocycles. The van der Waals surface area contributed by atoms with Gasteiger partial charge in [-0.05, 0) is 31.2 Å². The lowest BCUT2D eigenvalue weighted by molar-refractivity contribution is 0.312. The molecule has 1 fully saturated rings. The number of nitrogens with zero attached hydrogens (tertiary/aromatic N) is 6. The van der Waals surface area contributed by atoms with Gasteiger partial charge in [0.2, 0.25) is 0 Å². The SMILES string of the molecule is CN1CCN(c2cc(N(C)CCc3ccncc3)ncn2)CC1. The lowest BCUT2D eigenvalue weighted by Crippen LogP contribution is -2.44. The lowest BCUT2D eigenvalue weighted by Gasteiger charge is -2.33. The van der Waals surface area contributed by atoms with Crippen LogP contribution >= 0.6 is 0 Å². The quantitative estimate of drug-likeness (QED) is 0.829. The van der Waals surface area contributed by atoms with Gasteiger partial charge in [0.15, 0.2) is 0 Å². The number of anilines is 2. The van der Waals surface area contributed by atoms with E-state index in [1.807, 2.05) is 12.4 Å². The van der Waals surface area contributed by atoms with Crippen molar-refractivity contribution in [1.82, 2.24) is 19.9 Å². The van der Waals surface area contributed by atoms with E-state index in [0.717, 1.165) is 50.8 Å². The summed E-state index contributed by atoms with van der Waals surface area (Å²) in [7, 11) is 4.24. The third-order valence-electron chi connectivity index (χ3n) is 4.34. The summed E-state index contributed by atoms with van der Waals surface area (Å²) in [5.41, 5.74) is 1.29. The van der Waals surface area contributed by atoms with Gasteiger partial charge >= 0.3 is 0 Å². The normalized spacial score (nSPS) is 15.7. The minimum absolute atomic E-state index is 0.920. The Hall–Kier alpha value is -2.21. The Morgan fingerprint density at radius 1 is 1.09 bits per heavy atom. The van der Waals surface area contributed by atoms with Gasteiger partial charge in [-0.2, -0.15) is 0 Å². The maximum Gasteiger partial charge on any atom is 0.134 e. The zero-order valence-corrected chi connectivity index (χ0v) is 13.9. The molecule has 0 bridgehead atoms. The first-order valence-corrected chi connectivity index (χ1v) is 8.08. The molecule has 0 aromatic carbocycles. The molecule has 0 unspecified atom stereocenters. The topological polar surface area (TPSA) is 48.4 Å². The number of pyridine rings is 1. The second-order valence-corrected chi connectivity index (χ2v) is 6.05. The first-order chi connectivity index (χ1) is 11.2. The molecule has 23 heavy (non-hydrogen) atoms. The van der Waals surface area contributed by atoms with Crippen LogP contribution in [0.2, 0.25) is 0 Å². The lowest BCUT2D eigenvalue weighted by atomic mass is 10.2. The van der Waals surface area contributed by atoms with Crippen molar-refractivity contribution in [3.63, 3.8) is 0 Å². The average Bonchev–Trinajstić information content (AvgIpc) is 2.61. The van der Waals surface area contributed by atoms with Crippen molar-refractivity contribution in [3.05, 3.63) is 42.5 Å². The summed E-state index contributed by atoms with van der Waals surface area (Å²) in [4.78, 5) is 19.8. The molecule has 0 amide bonds. The van der Waals surface area contributed by atoms with Crippen LogP contribution in [0.4, 0.5) is 11.6 Å². The largest absolute Gasteiger partial charge is 0.359 e. The fourth-order valence-corrected chi connectivity index (χ4v) is 2.72. The van der Waals surface area contributed by atoms with E-state index in [0.29, 0.717) is 0 Å². The fraction of sp³-hybridized carbons (Fsp3) is 0.471. The van der Waals surface area contributed by atoms with Crippen molar-refractivity contribution in [1.29, 1.82) is 0 Å². The van der Waals surface area contributed by atoms with Crippen LogP contribution in [0, 0.1) is 0 Å². The Kier molecular flexibility index (Phi) is 5.02. The van der Waals surface area contributed by atoms with Crippen LogP contribution in [0.25, 0.3) is 0 Å². The zero-order chi connectivity index (χ0) is 16.1. The Bertz CT molecular complexity index is 609. The van der Waals surface area contributed by atoms with E-state index in [-0.39, 0.29) is 0 Å². The minimum Gasteiger partial charge on any atom is -0.359 e. The maximum absolute atomic E-state index is 4.45. The first kappa shape index (κ1) is 15.7. The van der Waals surface area contributed by atoms with Gasteiger partial charge in [0.1, 0.15) is 18.0 Å². The third kappa shape index (κ3) is 4.16. The minimum atomic E-state index is 0.920. The van der Waals surface area contributed by atoms with Crippen LogP contribution in [0.5, 0.6) is 0 Å². The number of hydrogen-bond acceptors (Lipinski definition) is 6. The highest BCUT2D eigenvalue weighted by atomic mass is 15.3. The van der Waals surface area contributed by atoms with Gasteiger partial charge in [-0.3, -0.25) is 4.98 Å². The van der Waals surface area contributed by atoms with Crippen molar-refractivity contribution in [2.24, 2.45) is 0 Å². The molecule has 6 nitrogen and oxygen atoms in total. The molecule has 0 aliphatic carbocycles. The first-order valence-electron chi connectivity index (χ1n) is 8.08. The van der Waals surface area contributed by atoms with Crippen molar-refractivity contribution in [2.75, 3.05) is 56.6 Å². The highest BCUT2D eigenvalue weighted by molar-refractivity contribution is 5.50. The van der Waals surface area contributed by atoms with Crippen molar-refractivity contribution >= 4 is 11.6 Å².